The lowest BCUT2D eigenvalue weighted by Gasteiger charge is -2.34. The molecule has 3 heteroatoms. The molecule has 0 saturated heterocycles. The minimum atomic E-state index is -0.606. The van der Waals surface area contributed by atoms with Crippen LogP contribution in [0.25, 0.3) is 0 Å². The Bertz CT molecular complexity index is 452. The van der Waals surface area contributed by atoms with Crippen molar-refractivity contribution in [2.45, 2.75) is 58.3 Å². The number of aliphatic hydroxyl groups excluding tert-OH is 1. The summed E-state index contributed by atoms with van der Waals surface area (Å²) in [6.45, 7) is 8.08. The lowest BCUT2D eigenvalue weighted by molar-refractivity contribution is 0.0840. The Balaban J connectivity index is 2.40. The van der Waals surface area contributed by atoms with Crippen LogP contribution in [-0.4, -0.2) is 16.7 Å². The quantitative estimate of drug-likeness (QED) is 0.846. The first-order valence-corrected chi connectivity index (χ1v) is 6.57. The molecule has 1 aliphatic rings. The highest BCUT2D eigenvalue weighted by molar-refractivity contribution is 5.47. The summed E-state index contributed by atoms with van der Waals surface area (Å²) in [6, 6.07) is 3.64. The minimum Gasteiger partial charge on any atom is -0.488 e. The third-order valence-electron chi connectivity index (χ3n) is 3.78. The van der Waals surface area contributed by atoms with E-state index in [1.165, 1.54) is 5.56 Å². The Morgan fingerprint density at radius 3 is 2.67 bits per heavy atom. The van der Waals surface area contributed by atoms with Gasteiger partial charge in [0, 0.05) is 6.04 Å². The van der Waals surface area contributed by atoms with E-state index in [1.54, 1.807) is 0 Å². The average Bonchev–Trinajstić information content (AvgIpc) is 2.27. The van der Waals surface area contributed by atoms with Crippen LogP contribution < -0.4 is 10.5 Å². The number of ether oxygens (including phenoxy) is 1. The van der Waals surface area contributed by atoms with Crippen LogP contribution >= 0.6 is 0 Å². The maximum absolute atomic E-state index is 10.1. The molecule has 1 heterocycles. The zero-order valence-corrected chi connectivity index (χ0v) is 11.7. The summed E-state index contributed by atoms with van der Waals surface area (Å²) in [5.41, 5.74) is 8.93. The highest BCUT2D eigenvalue weighted by Gasteiger charge is 2.29. The van der Waals surface area contributed by atoms with Crippen LogP contribution in [0.1, 0.15) is 50.0 Å². The molecule has 3 N–H and O–H groups in total. The summed E-state index contributed by atoms with van der Waals surface area (Å²) in [6.07, 6.45) is 1.39. The topological polar surface area (TPSA) is 55.5 Å². The summed E-state index contributed by atoms with van der Waals surface area (Å²) in [4.78, 5) is 0. The number of fused-ring (bicyclic) bond motifs is 1. The van der Waals surface area contributed by atoms with Crippen molar-refractivity contribution in [3.63, 3.8) is 0 Å². The zero-order valence-electron chi connectivity index (χ0n) is 11.7. The molecule has 0 radical (unpaired) electrons. The number of aliphatic hydroxyl groups is 1. The molecular formula is C15H23NO2. The summed E-state index contributed by atoms with van der Waals surface area (Å²) in [5.74, 6) is 0.948. The van der Waals surface area contributed by atoms with E-state index in [9.17, 15) is 5.11 Å². The van der Waals surface area contributed by atoms with Crippen molar-refractivity contribution >= 4 is 0 Å². The van der Waals surface area contributed by atoms with Gasteiger partial charge in [-0.1, -0.05) is 6.07 Å². The van der Waals surface area contributed by atoms with Crippen molar-refractivity contribution < 1.29 is 9.84 Å². The van der Waals surface area contributed by atoms with Crippen LogP contribution in [0.4, 0.5) is 0 Å². The molecule has 0 spiro atoms. The number of benzene rings is 1. The number of rotatable bonds is 2. The SMILES string of the molecule is Cc1c(C(O)C(C)N)ccc2c1CCC(C)(C)O2. The third kappa shape index (κ3) is 2.38. The van der Waals surface area contributed by atoms with Crippen LogP contribution in [0.2, 0.25) is 0 Å². The van der Waals surface area contributed by atoms with Crippen LogP contribution in [0, 0.1) is 6.92 Å². The number of hydrogen-bond acceptors (Lipinski definition) is 3. The second-order valence-electron chi connectivity index (χ2n) is 5.92. The lowest BCUT2D eigenvalue weighted by Crippen LogP contribution is -2.33. The molecule has 0 aromatic heterocycles. The van der Waals surface area contributed by atoms with Crippen molar-refractivity contribution in [1.82, 2.24) is 0 Å². The molecule has 3 nitrogen and oxygen atoms in total. The van der Waals surface area contributed by atoms with Gasteiger partial charge in [-0.05, 0) is 63.3 Å². The zero-order chi connectivity index (χ0) is 13.5. The van der Waals surface area contributed by atoms with Gasteiger partial charge in [0.05, 0.1) is 6.10 Å². The Kier molecular flexibility index (Phi) is 3.39. The van der Waals surface area contributed by atoms with Gasteiger partial charge in [0.2, 0.25) is 0 Å². The van der Waals surface area contributed by atoms with E-state index in [-0.39, 0.29) is 11.6 Å². The molecule has 0 saturated carbocycles. The molecule has 100 valence electrons. The predicted octanol–water partition coefficient (Wildman–Crippen LogP) is 2.48. The molecule has 1 aliphatic heterocycles. The second-order valence-corrected chi connectivity index (χ2v) is 5.92. The van der Waals surface area contributed by atoms with Gasteiger partial charge < -0.3 is 15.6 Å². The van der Waals surface area contributed by atoms with Crippen molar-refractivity contribution in [3.8, 4) is 5.75 Å². The second kappa shape index (κ2) is 4.56. The Morgan fingerprint density at radius 1 is 1.39 bits per heavy atom. The molecular weight excluding hydrogens is 226 g/mol. The first-order valence-electron chi connectivity index (χ1n) is 6.57. The first-order chi connectivity index (χ1) is 8.32. The van der Waals surface area contributed by atoms with Gasteiger partial charge in [0.1, 0.15) is 11.4 Å². The monoisotopic (exact) mass is 249 g/mol. The molecule has 0 fully saturated rings. The normalized spacial score (nSPS) is 20.8. The van der Waals surface area contributed by atoms with Crippen LogP contribution in [0.15, 0.2) is 12.1 Å². The fourth-order valence-electron chi connectivity index (χ4n) is 2.53. The van der Waals surface area contributed by atoms with E-state index < -0.39 is 6.10 Å². The van der Waals surface area contributed by atoms with Gasteiger partial charge in [0.15, 0.2) is 0 Å². The molecule has 2 unspecified atom stereocenters. The maximum Gasteiger partial charge on any atom is 0.123 e. The minimum absolute atomic E-state index is 0.0965. The van der Waals surface area contributed by atoms with E-state index in [0.29, 0.717) is 0 Å². The molecule has 2 atom stereocenters. The molecule has 1 aromatic carbocycles. The Morgan fingerprint density at radius 2 is 2.06 bits per heavy atom. The third-order valence-corrected chi connectivity index (χ3v) is 3.78. The summed E-state index contributed by atoms with van der Waals surface area (Å²) in [7, 11) is 0. The van der Waals surface area contributed by atoms with Gasteiger partial charge in [-0.15, -0.1) is 0 Å². The van der Waals surface area contributed by atoms with Gasteiger partial charge in [-0.2, -0.15) is 0 Å². The highest BCUT2D eigenvalue weighted by Crippen LogP contribution is 2.37. The van der Waals surface area contributed by atoms with Gasteiger partial charge in [0.25, 0.3) is 0 Å². The molecule has 18 heavy (non-hydrogen) atoms. The van der Waals surface area contributed by atoms with Gasteiger partial charge in [-0.3, -0.25) is 0 Å². The van der Waals surface area contributed by atoms with Crippen LogP contribution in [0.5, 0.6) is 5.75 Å². The smallest absolute Gasteiger partial charge is 0.123 e. The van der Waals surface area contributed by atoms with E-state index in [2.05, 4.69) is 13.8 Å². The van der Waals surface area contributed by atoms with Gasteiger partial charge in [-0.25, -0.2) is 0 Å². The van der Waals surface area contributed by atoms with Crippen molar-refractivity contribution in [1.29, 1.82) is 0 Å². The van der Waals surface area contributed by atoms with E-state index in [0.717, 1.165) is 29.7 Å². The van der Waals surface area contributed by atoms with Crippen molar-refractivity contribution in [3.05, 3.63) is 28.8 Å². The molecule has 0 bridgehead atoms. The van der Waals surface area contributed by atoms with Crippen molar-refractivity contribution in [2.24, 2.45) is 5.73 Å². The predicted molar refractivity (Wildman–Crippen MR) is 72.8 cm³/mol. The fourth-order valence-corrected chi connectivity index (χ4v) is 2.53. The summed E-state index contributed by atoms with van der Waals surface area (Å²) in [5, 5.41) is 10.1. The van der Waals surface area contributed by atoms with E-state index in [1.807, 2.05) is 26.0 Å². The van der Waals surface area contributed by atoms with E-state index >= 15 is 0 Å². The lowest BCUT2D eigenvalue weighted by atomic mass is 9.88. The molecule has 2 rings (SSSR count). The first kappa shape index (κ1) is 13.4. The highest BCUT2D eigenvalue weighted by atomic mass is 16.5. The Labute approximate surface area is 109 Å². The van der Waals surface area contributed by atoms with Crippen molar-refractivity contribution in [2.75, 3.05) is 0 Å². The maximum atomic E-state index is 10.1. The number of nitrogens with two attached hydrogens (primary N) is 1. The molecule has 0 amide bonds. The largest absolute Gasteiger partial charge is 0.488 e. The Hall–Kier alpha value is -1.06. The summed E-state index contributed by atoms with van der Waals surface area (Å²) < 4.78 is 5.98. The average molecular weight is 249 g/mol. The standard InChI is InChI=1S/C15H23NO2/c1-9-11-7-8-15(3,4)18-13(11)6-5-12(9)14(17)10(2)16/h5-6,10,14,17H,7-8,16H2,1-4H3. The summed E-state index contributed by atoms with van der Waals surface area (Å²) >= 11 is 0. The molecule has 0 aliphatic carbocycles. The number of hydrogen-bond donors (Lipinski definition) is 2. The van der Waals surface area contributed by atoms with E-state index in [4.69, 9.17) is 10.5 Å². The molecule has 1 aromatic rings. The van der Waals surface area contributed by atoms with Gasteiger partial charge >= 0.3 is 0 Å². The van der Waals surface area contributed by atoms with Crippen LogP contribution in [-0.2, 0) is 6.42 Å². The van der Waals surface area contributed by atoms with Crippen LogP contribution in [0.3, 0.4) is 0 Å². The fraction of sp³-hybridized carbons (Fsp3) is 0.600.